The largest absolute Gasteiger partial charge is 0.228 e. The van der Waals surface area contributed by atoms with Gasteiger partial charge in [0.2, 0.25) is 0 Å². The predicted molar refractivity (Wildman–Crippen MR) is 238 cm³/mol. The topological polar surface area (TPSA) is 25.8 Å². The van der Waals surface area contributed by atoms with Gasteiger partial charge in [-0.2, -0.15) is 0 Å². The number of rotatable bonds is 7. The summed E-state index contributed by atoms with van der Waals surface area (Å²) in [6.45, 7) is 4.71. The first-order valence-corrected chi connectivity index (χ1v) is 19.6. The molecule has 8 aromatic carbocycles. The molecule has 0 N–H and O–H groups in total. The molecule has 0 bridgehead atoms. The van der Waals surface area contributed by atoms with E-state index in [9.17, 15) is 0 Å². The molecule has 0 fully saturated rings. The Bertz CT molecular complexity index is 2910. The van der Waals surface area contributed by atoms with Crippen LogP contribution in [0, 0.1) is 0 Å². The van der Waals surface area contributed by atoms with Crippen LogP contribution in [0.2, 0.25) is 0 Å². The molecule has 1 aromatic heterocycles. The fourth-order valence-electron chi connectivity index (χ4n) is 8.52. The molecule has 57 heavy (non-hydrogen) atoms. The molecule has 0 unspecified atom stereocenters. The molecule has 1 heterocycles. The number of aromatic nitrogens is 2. The van der Waals surface area contributed by atoms with Crippen LogP contribution in [0.3, 0.4) is 0 Å². The molecule has 0 radical (unpaired) electrons. The SMILES string of the molecule is CC1(C)c2ccccc2-c2cc(-c3ccccc3)c(-c3cccc(-c4cccc(-c5cc(-c6cccc(-c7ccccc7)c6)nc(-c6ccccc6)n5)c4)c3)cc21. The van der Waals surface area contributed by atoms with Crippen LogP contribution in [0.1, 0.15) is 25.0 Å². The van der Waals surface area contributed by atoms with Gasteiger partial charge in [0.1, 0.15) is 0 Å². The van der Waals surface area contributed by atoms with Gasteiger partial charge in [-0.25, -0.2) is 9.97 Å². The van der Waals surface area contributed by atoms with Gasteiger partial charge in [-0.05, 0) is 103 Å². The molecule has 0 saturated heterocycles. The predicted octanol–water partition coefficient (Wildman–Crippen LogP) is 14.5. The lowest BCUT2D eigenvalue weighted by Crippen LogP contribution is -2.15. The quantitative estimate of drug-likeness (QED) is 0.163. The van der Waals surface area contributed by atoms with Gasteiger partial charge < -0.3 is 0 Å². The minimum atomic E-state index is -0.0975. The Morgan fingerprint density at radius 1 is 0.281 bits per heavy atom. The van der Waals surface area contributed by atoms with Crippen molar-refractivity contribution in [3.63, 3.8) is 0 Å². The highest BCUT2D eigenvalue weighted by Gasteiger charge is 2.36. The van der Waals surface area contributed by atoms with Crippen molar-refractivity contribution in [3.05, 3.63) is 217 Å². The van der Waals surface area contributed by atoms with E-state index in [1.807, 2.05) is 18.2 Å². The van der Waals surface area contributed by atoms with Crippen LogP contribution < -0.4 is 0 Å². The fourth-order valence-corrected chi connectivity index (χ4v) is 8.52. The highest BCUT2D eigenvalue weighted by atomic mass is 14.9. The summed E-state index contributed by atoms with van der Waals surface area (Å²) in [4.78, 5) is 10.3. The van der Waals surface area contributed by atoms with E-state index in [0.29, 0.717) is 5.82 Å². The average Bonchev–Trinajstić information content (AvgIpc) is 3.51. The van der Waals surface area contributed by atoms with Crippen LogP contribution in [0.15, 0.2) is 206 Å². The molecule has 9 aromatic rings. The Morgan fingerprint density at radius 3 is 1.33 bits per heavy atom. The van der Waals surface area contributed by atoms with Gasteiger partial charge in [0.05, 0.1) is 11.4 Å². The average molecular weight is 729 g/mol. The third kappa shape index (κ3) is 6.36. The van der Waals surface area contributed by atoms with Gasteiger partial charge in [-0.15, -0.1) is 0 Å². The molecule has 2 heteroatoms. The maximum absolute atomic E-state index is 5.18. The zero-order valence-corrected chi connectivity index (χ0v) is 32.0. The molecule has 1 aliphatic carbocycles. The van der Waals surface area contributed by atoms with E-state index >= 15 is 0 Å². The second kappa shape index (κ2) is 14.2. The number of fused-ring (bicyclic) bond motifs is 3. The van der Waals surface area contributed by atoms with Crippen molar-refractivity contribution in [1.82, 2.24) is 9.97 Å². The van der Waals surface area contributed by atoms with E-state index in [2.05, 4.69) is 202 Å². The number of hydrogen-bond donors (Lipinski definition) is 0. The highest BCUT2D eigenvalue weighted by molar-refractivity contribution is 5.93. The van der Waals surface area contributed by atoms with Crippen LogP contribution in [-0.2, 0) is 5.41 Å². The first kappa shape index (κ1) is 34.3. The van der Waals surface area contributed by atoms with E-state index in [4.69, 9.17) is 9.97 Å². The molecule has 0 aliphatic heterocycles. The second-order valence-electron chi connectivity index (χ2n) is 15.4. The maximum atomic E-state index is 5.18. The van der Waals surface area contributed by atoms with Crippen molar-refractivity contribution < 1.29 is 0 Å². The third-order valence-electron chi connectivity index (χ3n) is 11.5. The lowest BCUT2D eigenvalue weighted by molar-refractivity contribution is 0.660. The molecule has 1 aliphatic rings. The van der Waals surface area contributed by atoms with Crippen LogP contribution in [-0.4, -0.2) is 9.97 Å². The summed E-state index contributed by atoms with van der Waals surface area (Å²) in [5, 5.41) is 0. The highest BCUT2D eigenvalue weighted by Crippen LogP contribution is 2.52. The Labute approximate surface area is 334 Å². The van der Waals surface area contributed by atoms with Gasteiger partial charge in [0.15, 0.2) is 5.82 Å². The van der Waals surface area contributed by atoms with Crippen LogP contribution in [0.25, 0.3) is 89.5 Å². The Hall–Kier alpha value is -7.16. The smallest absolute Gasteiger partial charge is 0.160 e. The molecule has 270 valence electrons. The summed E-state index contributed by atoms with van der Waals surface area (Å²) in [5.41, 5.74) is 19.7. The van der Waals surface area contributed by atoms with Crippen molar-refractivity contribution in [2.75, 3.05) is 0 Å². The lowest BCUT2D eigenvalue weighted by Gasteiger charge is -2.23. The van der Waals surface area contributed by atoms with Crippen molar-refractivity contribution in [2.45, 2.75) is 19.3 Å². The molecular weight excluding hydrogens is 689 g/mol. The maximum Gasteiger partial charge on any atom is 0.160 e. The summed E-state index contributed by atoms with van der Waals surface area (Å²) in [6, 6.07) is 73.8. The normalized spacial score (nSPS) is 12.5. The van der Waals surface area contributed by atoms with E-state index in [-0.39, 0.29) is 5.41 Å². The molecule has 0 saturated carbocycles. The first-order valence-electron chi connectivity index (χ1n) is 19.6. The Balaban J connectivity index is 1.08. The fraction of sp³-hybridized carbons (Fsp3) is 0.0545. The molecule has 0 atom stereocenters. The van der Waals surface area contributed by atoms with Crippen molar-refractivity contribution in [1.29, 1.82) is 0 Å². The zero-order chi connectivity index (χ0) is 38.3. The number of hydrogen-bond acceptors (Lipinski definition) is 2. The summed E-state index contributed by atoms with van der Waals surface area (Å²) in [5.74, 6) is 0.704. The zero-order valence-electron chi connectivity index (χ0n) is 32.0. The third-order valence-corrected chi connectivity index (χ3v) is 11.5. The Kier molecular flexibility index (Phi) is 8.53. The molecule has 2 nitrogen and oxygen atoms in total. The van der Waals surface area contributed by atoms with Crippen LogP contribution in [0.4, 0.5) is 0 Å². The van der Waals surface area contributed by atoms with E-state index in [1.54, 1.807) is 0 Å². The number of benzene rings is 8. The summed E-state index contributed by atoms with van der Waals surface area (Å²) in [6.07, 6.45) is 0. The molecule has 10 rings (SSSR count). The monoisotopic (exact) mass is 728 g/mol. The standard InChI is InChI=1S/C55H40N2/c1-55(2)50-30-13-12-29-46(50)49-34-47(38-19-8-4-9-20-38)48(35-51(49)55)43-26-14-24-41(31-43)42-25-16-28-45(33-42)53-36-52(56-54(57-53)39-21-10-5-11-22-39)44-27-15-23-40(32-44)37-17-6-3-7-18-37/h3-36H,1-2H3. The van der Waals surface area contributed by atoms with Gasteiger partial charge in [0, 0.05) is 22.1 Å². The van der Waals surface area contributed by atoms with E-state index < -0.39 is 0 Å². The van der Waals surface area contributed by atoms with Gasteiger partial charge in [0.25, 0.3) is 0 Å². The molecular formula is C55H40N2. The summed E-state index contributed by atoms with van der Waals surface area (Å²) in [7, 11) is 0. The van der Waals surface area contributed by atoms with Crippen molar-refractivity contribution >= 4 is 0 Å². The minimum Gasteiger partial charge on any atom is -0.228 e. The van der Waals surface area contributed by atoms with E-state index in [0.717, 1.165) is 44.8 Å². The van der Waals surface area contributed by atoms with Gasteiger partial charge >= 0.3 is 0 Å². The second-order valence-corrected chi connectivity index (χ2v) is 15.4. The van der Waals surface area contributed by atoms with Gasteiger partial charge in [-0.3, -0.25) is 0 Å². The summed E-state index contributed by atoms with van der Waals surface area (Å²) >= 11 is 0. The Morgan fingerprint density at radius 2 is 0.719 bits per heavy atom. The lowest BCUT2D eigenvalue weighted by atomic mass is 9.80. The van der Waals surface area contributed by atoms with Crippen LogP contribution in [0.5, 0.6) is 0 Å². The van der Waals surface area contributed by atoms with Crippen LogP contribution >= 0.6 is 0 Å². The minimum absolute atomic E-state index is 0.0975. The van der Waals surface area contributed by atoms with E-state index in [1.165, 1.54) is 50.1 Å². The molecule has 0 spiro atoms. The summed E-state index contributed by atoms with van der Waals surface area (Å²) < 4.78 is 0. The first-order chi connectivity index (χ1) is 28.0. The van der Waals surface area contributed by atoms with Crippen molar-refractivity contribution in [2.24, 2.45) is 0 Å². The van der Waals surface area contributed by atoms with Crippen molar-refractivity contribution in [3.8, 4) is 89.5 Å². The molecule has 0 amide bonds. The van der Waals surface area contributed by atoms with Gasteiger partial charge in [-0.1, -0.05) is 184 Å². The number of nitrogens with zero attached hydrogens (tertiary/aromatic N) is 2.